The van der Waals surface area contributed by atoms with Gasteiger partial charge in [-0.3, -0.25) is 0 Å². The van der Waals surface area contributed by atoms with Gasteiger partial charge in [0, 0.05) is 5.56 Å². The fourth-order valence-electron chi connectivity index (χ4n) is 1.16. The minimum absolute atomic E-state index is 0.0658. The van der Waals surface area contributed by atoms with E-state index in [1.165, 1.54) is 0 Å². The summed E-state index contributed by atoms with van der Waals surface area (Å²) >= 11 is 0. The molecule has 0 aliphatic heterocycles. The van der Waals surface area contributed by atoms with Crippen LogP contribution in [0.15, 0.2) is 18.2 Å². The fourth-order valence-corrected chi connectivity index (χ4v) is 1.16. The van der Waals surface area contributed by atoms with Crippen LogP contribution in [0, 0.1) is 19.0 Å². The van der Waals surface area contributed by atoms with E-state index in [4.69, 9.17) is 16.3 Å². The molecule has 0 aromatic heterocycles. The van der Waals surface area contributed by atoms with Crippen LogP contribution in [-0.2, 0) is 0 Å². The lowest BCUT2D eigenvalue weighted by atomic mass is 10.1. The third kappa shape index (κ3) is 2.27. The van der Waals surface area contributed by atoms with E-state index in [-0.39, 0.29) is 6.10 Å². The summed E-state index contributed by atoms with van der Waals surface area (Å²) in [6.07, 6.45) is 5.41. The average Bonchev–Trinajstić information content (AvgIpc) is 2.16. The molecule has 0 spiro atoms. The van der Waals surface area contributed by atoms with Crippen molar-refractivity contribution < 1.29 is 9.84 Å². The molecule has 0 saturated carbocycles. The topological polar surface area (TPSA) is 29.5 Å². The molecule has 0 aliphatic rings. The van der Waals surface area contributed by atoms with E-state index < -0.39 is 0 Å². The molecule has 0 fully saturated rings. The van der Waals surface area contributed by atoms with Crippen molar-refractivity contribution in [3.63, 3.8) is 0 Å². The van der Waals surface area contributed by atoms with Gasteiger partial charge < -0.3 is 9.84 Å². The number of aliphatic hydroxyl groups is 1. The van der Waals surface area contributed by atoms with Crippen molar-refractivity contribution in [3.05, 3.63) is 35.9 Å². The number of rotatable bonds is 3. The van der Waals surface area contributed by atoms with Crippen molar-refractivity contribution in [2.75, 3.05) is 0 Å². The molecule has 2 nitrogen and oxygen atoms in total. The molecule has 0 aliphatic carbocycles. The normalized spacial score (nSPS) is 9.93. The minimum atomic E-state index is 0.0658. The molecular formula is C12H13O2. The predicted molar refractivity (Wildman–Crippen MR) is 55.5 cm³/mol. The van der Waals surface area contributed by atoms with E-state index in [9.17, 15) is 0 Å². The Kier molecular flexibility index (Phi) is 3.55. The Morgan fingerprint density at radius 1 is 1.50 bits per heavy atom. The van der Waals surface area contributed by atoms with E-state index in [0.717, 1.165) is 6.61 Å². The smallest absolute Gasteiger partial charge is 0.135 e. The van der Waals surface area contributed by atoms with Crippen LogP contribution in [0.25, 0.3) is 0 Å². The highest BCUT2D eigenvalue weighted by Gasteiger charge is 2.07. The maximum Gasteiger partial charge on any atom is 0.135 e. The first-order valence-corrected chi connectivity index (χ1v) is 4.42. The van der Waals surface area contributed by atoms with Gasteiger partial charge in [0.25, 0.3) is 0 Å². The Balaban J connectivity index is 3.10. The monoisotopic (exact) mass is 189 g/mol. The van der Waals surface area contributed by atoms with E-state index in [1.807, 2.05) is 13.8 Å². The second-order valence-electron chi connectivity index (χ2n) is 3.16. The zero-order chi connectivity index (χ0) is 10.6. The highest BCUT2D eigenvalue weighted by atomic mass is 16.5. The Hall–Kier alpha value is -1.46. The summed E-state index contributed by atoms with van der Waals surface area (Å²) in [6, 6.07) is 5.32. The summed E-state index contributed by atoms with van der Waals surface area (Å²) < 4.78 is 5.51. The standard InChI is InChI=1S/C12H13O2/c1-4-11-10(8-13)6-5-7-12(11)14-9(2)3/h1,5-9,13H,2-3H3. The Bertz CT molecular complexity index is 348. The molecule has 1 aromatic rings. The second-order valence-corrected chi connectivity index (χ2v) is 3.16. The number of hydrogen-bond acceptors (Lipinski definition) is 2. The van der Waals surface area contributed by atoms with Crippen LogP contribution < -0.4 is 4.74 Å². The summed E-state index contributed by atoms with van der Waals surface area (Å²) in [5.41, 5.74) is 1.19. The van der Waals surface area contributed by atoms with Crippen LogP contribution in [0.5, 0.6) is 5.75 Å². The maximum absolute atomic E-state index is 8.93. The summed E-state index contributed by atoms with van der Waals surface area (Å²) in [4.78, 5) is 0. The quantitative estimate of drug-likeness (QED) is 0.739. The van der Waals surface area contributed by atoms with E-state index in [2.05, 4.69) is 5.92 Å². The maximum atomic E-state index is 8.93. The first-order valence-electron chi connectivity index (χ1n) is 4.42. The molecule has 0 heterocycles. The van der Waals surface area contributed by atoms with E-state index in [0.29, 0.717) is 16.9 Å². The van der Waals surface area contributed by atoms with Crippen molar-refractivity contribution in [3.8, 4) is 18.1 Å². The molecule has 1 radical (unpaired) electrons. The van der Waals surface area contributed by atoms with Crippen LogP contribution in [0.4, 0.5) is 0 Å². The summed E-state index contributed by atoms with van der Waals surface area (Å²) in [5, 5.41) is 8.93. The van der Waals surface area contributed by atoms with E-state index in [1.54, 1.807) is 18.2 Å². The third-order valence-corrected chi connectivity index (χ3v) is 1.70. The highest BCUT2D eigenvalue weighted by molar-refractivity contribution is 5.52. The molecule has 1 rings (SSSR count). The average molecular weight is 189 g/mol. The van der Waals surface area contributed by atoms with Crippen molar-refractivity contribution >= 4 is 0 Å². The zero-order valence-electron chi connectivity index (χ0n) is 8.32. The molecule has 0 saturated heterocycles. The second kappa shape index (κ2) is 4.69. The lowest BCUT2D eigenvalue weighted by Crippen LogP contribution is -2.07. The number of ether oxygens (including phenoxy) is 1. The number of aliphatic hydroxyl groups excluding tert-OH is 1. The van der Waals surface area contributed by atoms with Crippen molar-refractivity contribution in [2.45, 2.75) is 20.0 Å². The summed E-state index contributed by atoms with van der Waals surface area (Å²) in [7, 11) is 0. The molecule has 73 valence electrons. The molecule has 14 heavy (non-hydrogen) atoms. The lowest BCUT2D eigenvalue weighted by Gasteiger charge is -2.13. The van der Waals surface area contributed by atoms with Gasteiger partial charge in [-0.05, 0) is 19.9 Å². The Labute approximate surface area is 84.5 Å². The molecule has 0 bridgehead atoms. The van der Waals surface area contributed by atoms with Gasteiger partial charge in [0.1, 0.15) is 12.4 Å². The SMILES string of the molecule is C#Cc1c([CH]O)cccc1OC(C)C. The Morgan fingerprint density at radius 2 is 2.21 bits per heavy atom. The van der Waals surface area contributed by atoms with Gasteiger partial charge >= 0.3 is 0 Å². The van der Waals surface area contributed by atoms with Crippen molar-refractivity contribution in [1.82, 2.24) is 0 Å². The molecule has 0 unspecified atom stereocenters. The number of hydrogen-bond donors (Lipinski definition) is 1. The first kappa shape index (κ1) is 10.6. The zero-order valence-corrected chi connectivity index (χ0v) is 8.32. The van der Waals surface area contributed by atoms with Gasteiger partial charge in [-0.25, -0.2) is 0 Å². The van der Waals surface area contributed by atoms with Gasteiger partial charge in [0.05, 0.1) is 11.7 Å². The van der Waals surface area contributed by atoms with Gasteiger partial charge in [0.2, 0.25) is 0 Å². The fraction of sp³-hybridized carbons (Fsp3) is 0.250. The predicted octanol–water partition coefficient (Wildman–Crippen LogP) is 2.34. The third-order valence-electron chi connectivity index (χ3n) is 1.70. The minimum Gasteiger partial charge on any atom is -0.490 e. The first-order chi connectivity index (χ1) is 6.69. The summed E-state index contributed by atoms with van der Waals surface area (Å²) in [5.74, 6) is 3.13. The Morgan fingerprint density at radius 3 is 2.71 bits per heavy atom. The van der Waals surface area contributed by atoms with Gasteiger partial charge in [-0.15, -0.1) is 6.42 Å². The summed E-state index contributed by atoms with van der Waals surface area (Å²) in [6.45, 7) is 4.84. The van der Waals surface area contributed by atoms with Crippen LogP contribution in [0.2, 0.25) is 0 Å². The van der Waals surface area contributed by atoms with Gasteiger partial charge in [0.15, 0.2) is 0 Å². The van der Waals surface area contributed by atoms with Crippen LogP contribution in [-0.4, -0.2) is 11.2 Å². The van der Waals surface area contributed by atoms with Gasteiger partial charge in [-0.2, -0.15) is 0 Å². The molecular weight excluding hydrogens is 176 g/mol. The molecule has 2 heteroatoms. The van der Waals surface area contributed by atoms with Crippen LogP contribution >= 0.6 is 0 Å². The lowest BCUT2D eigenvalue weighted by molar-refractivity contribution is 0.241. The van der Waals surface area contributed by atoms with Gasteiger partial charge in [-0.1, -0.05) is 18.1 Å². The van der Waals surface area contributed by atoms with E-state index >= 15 is 0 Å². The highest BCUT2D eigenvalue weighted by Crippen LogP contribution is 2.23. The number of benzene rings is 1. The number of terminal acetylenes is 1. The van der Waals surface area contributed by atoms with Crippen LogP contribution in [0.1, 0.15) is 25.0 Å². The molecule has 0 atom stereocenters. The van der Waals surface area contributed by atoms with Crippen LogP contribution in [0.3, 0.4) is 0 Å². The van der Waals surface area contributed by atoms with Crippen molar-refractivity contribution in [1.29, 1.82) is 0 Å². The largest absolute Gasteiger partial charge is 0.490 e. The molecule has 0 amide bonds. The molecule has 1 aromatic carbocycles. The molecule has 1 N–H and O–H groups in total. The van der Waals surface area contributed by atoms with Crippen molar-refractivity contribution in [2.24, 2.45) is 0 Å².